The van der Waals surface area contributed by atoms with E-state index in [0.29, 0.717) is 19.1 Å². The van der Waals surface area contributed by atoms with Crippen molar-refractivity contribution in [3.8, 4) is 0 Å². The van der Waals surface area contributed by atoms with Crippen LogP contribution >= 0.6 is 0 Å². The van der Waals surface area contributed by atoms with Crippen LogP contribution in [-0.2, 0) is 0 Å². The molecule has 5 heteroatoms. The van der Waals surface area contributed by atoms with Crippen LogP contribution in [0.1, 0.15) is 19.3 Å². The van der Waals surface area contributed by atoms with Crippen LogP contribution in [0.5, 0.6) is 0 Å². The van der Waals surface area contributed by atoms with Crippen LogP contribution in [0.4, 0.5) is 11.6 Å². The molecule has 2 rings (SSSR count). The van der Waals surface area contributed by atoms with Gasteiger partial charge in [0.1, 0.15) is 18.0 Å². The van der Waals surface area contributed by atoms with E-state index in [1.54, 1.807) is 6.33 Å². The predicted octanol–water partition coefficient (Wildman–Crippen LogP) is 1.39. The fraction of sp³-hybridized carbons (Fsp3) is 0.538. The summed E-state index contributed by atoms with van der Waals surface area (Å²) in [6.07, 6.45) is 7.02. The molecule has 0 spiro atoms. The average Bonchev–Trinajstić information content (AvgIpc) is 2.45. The van der Waals surface area contributed by atoms with Crippen molar-refractivity contribution in [3.05, 3.63) is 25.0 Å². The van der Waals surface area contributed by atoms with E-state index in [1.165, 1.54) is 12.8 Å². The van der Waals surface area contributed by atoms with Gasteiger partial charge in [0.05, 0.1) is 0 Å². The molecule has 3 N–H and O–H groups in total. The van der Waals surface area contributed by atoms with Crippen LogP contribution in [0.15, 0.2) is 25.0 Å². The van der Waals surface area contributed by atoms with E-state index in [2.05, 4.69) is 26.8 Å². The second-order valence-corrected chi connectivity index (χ2v) is 4.51. The van der Waals surface area contributed by atoms with Crippen molar-refractivity contribution in [2.24, 2.45) is 5.73 Å². The van der Waals surface area contributed by atoms with E-state index >= 15 is 0 Å². The Hall–Kier alpha value is -1.62. The molecule has 0 radical (unpaired) electrons. The molecule has 98 valence electrons. The van der Waals surface area contributed by atoms with Crippen LogP contribution in [0, 0.1) is 0 Å². The molecule has 0 saturated carbocycles. The summed E-state index contributed by atoms with van der Waals surface area (Å²) in [5, 5.41) is 3.18. The Balaban J connectivity index is 2.12. The van der Waals surface area contributed by atoms with Gasteiger partial charge in [-0.2, -0.15) is 0 Å². The number of nitrogens with two attached hydrogens (primary N) is 1. The van der Waals surface area contributed by atoms with E-state index in [1.807, 2.05) is 12.1 Å². The summed E-state index contributed by atoms with van der Waals surface area (Å²) >= 11 is 0. The van der Waals surface area contributed by atoms with Crippen molar-refractivity contribution in [2.45, 2.75) is 25.3 Å². The van der Waals surface area contributed by atoms with Crippen LogP contribution < -0.4 is 16.0 Å². The van der Waals surface area contributed by atoms with Crippen molar-refractivity contribution in [3.63, 3.8) is 0 Å². The Kier molecular flexibility index (Phi) is 4.52. The van der Waals surface area contributed by atoms with E-state index in [4.69, 9.17) is 5.73 Å². The van der Waals surface area contributed by atoms with Crippen molar-refractivity contribution >= 4 is 11.6 Å². The number of aromatic nitrogens is 2. The first kappa shape index (κ1) is 12.8. The van der Waals surface area contributed by atoms with Gasteiger partial charge in [0.25, 0.3) is 0 Å². The SMILES string of the molecule is C=CCNc1cc(N2CCCCC2CN)ncn1. The largest absolute Gasteiger partial charge is 0.366 e. The molecule has 2 heterocycles. The van der Waals surface area contributed by atoms with Gasteiger partial charge < -0.3 is 16.0 Å². The number of hydrogen-bond donors (Lipinski definition) is 2. The van der Waals surface area contributed by atoms with Gasteiger partial charge in [-0.15, -0.1) is 6.58 Å². The monoisotopic (exact) mass is 247 g/mol. The molecule has 1 aliphatic heterocycles. The van der Waals surface area contributed by atoms with Gasteiger partial charge in [0.2, 0.25) is 0 Å². The molecule has 1 aromatic rings. The van der Waals surface area contributed by atoms with Gasteiger partial charge in [-0.25, -0.2) is 9.97 Å². The average molecular weight is 247 g/mol. The molecular weight excluding hydrogens is 226 g/mol. The fourth-order valence-electron chi connectivity index (χ4n) is 2.32. The normalized spacial score (nSPS) is 19.6. The second-order valence-electron chi connectivity index (χ2n) is 4.51. The molecule has 1 aliphatic rings. The minimum Gasteiger partial charge on any atom is -0.366 e. The highest BCUT2D eigenvalue weighted by Crippen LogP contribution is 2.23. The third-order valence-electron chi connectivity index (χ3n) is 3.27. The molecule has 18 heavy (non-hydrogen) atoms. The molecule has 0 aromatic carbocycles. The van der Waals surface area contributed by atoms with Gasteiger partial charge >= 0.3 is 0 Å². The minimum atomic E-state index is 0.404. The van der Waals surface area contributed by atoms with Gasteiger partial charge in [0, 0.05) is 31.7 Å². The van der Waals surface area contributed by atoms with Crippen molar-refractivity contribution in [1.82, 2.24) is 9.97 Å². The van der Waals surface area contributed by atoms with Gasteiger partial charge in [0.15, 0.2) is 0 Å². The fourth-order valence-corrected chi connectivity index (χ4v) is 2.32. The molecule has 1 saturated heterocycles. The highest BCUT2D eigenvalue weighted by Gasteiger charge is 2.22. The molecule has 0 amide bonds. The molecule has 1 fully saturated rings. The number of rotatable bonds is 5. The Bertz CT molecular complexity index is 393. The minimum absolute atomic E-state index is 0.404. The topological polar surface area (TPSA) is 67.1 Å². The molecule has 5 nitrogen and oxygen atoms in total. The van der Waals surface area contributed by atoms with E-state index in [0.717, 1.165) is 24.6 Å². The van der Waals surface area contributed by atoms with E-state index < -0.39 is 0 Å². The molecule has 0 aliphatic carbocycles. The molecule has 1 unspecified atom stereocenters. The summed E-state index contributed by atoms with van der Waals surface area (Å²) in [7, 11) is 0. The lowest BCUT2D eigenvalue weighted by Crippen LogP contribution is -2.44. The molecule has 1 atom stereocenters. The number of nitrogens with zero attached hydrogens (tertiary/aromatic N) is 3. The van der Waals surface area contributed by atoms with Crippen molar-refractivity contribution in [1.29, 1.82) is 0 Å². The maximum atomic E-state index is 5.84. The van der Waals surface area contributed by atoms with Crippen LogP contribution in [0.3, 0.4) is 0 Å². The van der Waals surface area contributed by atoms with Gasteiger partial charge in [-0.3, -0.25) is 0 Å². The lowest BCUT2D eigenvalue weighted by atomic mass is 10.0. The van der Waals surface area contributed by atoms with Crippen LogP contribution in [0.25, 0.3) is 0 Å². The highest BCUT2D eigenvalue weighted by molar-refractivity contribution is 5.49. The maximum absolute atomic E-state index is 5.84. The number of nitrogens with one attached hydrogen (secondary N) is 1. The third-order valence-corrected chi connectivity index (χ3v) is 3.27. The van der Waals surface area contributed by atoms with Gasteiger partial charge in [-0.1, -0.05) is 6.08 Å². The van der Waals surface area contributed by atoms with E-state index in [-0.39, 0.29) is 0 Å². The Morgan fingerprint density at radius 2 is 2.39 bits per heavy atom. The summed E-state index contributed by atoms with van der Waals surface area (Å²) in [4.78, 5) is 10.9. The number of piperidine rings is 1. The number of hydrogen-bond acceptors (Lipinski definition) is 5. The summed E-state index contributed by atoms with van der Waals surface area (Å²) < 4.78 is 0. The summed E-state index contributed by atoms with van der Waals surface area (Å²) in [5.74, 6) is 1.80. The highest BCUT2D eigenvalue weighted by atomic mass is 15.2. The van der Waals surface area contributed by atoms with Crippen LogP contribution in [-0.4, -0.2) is 35.6 Å². The smallest absolute Gasteiger partial charge is 0.134 e. The standard InChI is InChI=1S/C13H21N5/c1-2-6-15-12-8-13(17-10-16-12)18-7-4-3-5-11(18)9-14/h2,8,10-11H,1,3-7,9,14H2,(H,15,16,17). The van der Waals surface area contributed by atoms with Crippen LogP contribution in [0.2, 0.25) is 0 Å². The molecule has 0 bridgehead atoms. The van der Waals surface area contributed by atoms with Crippen molar-refractivity contribution < 1.29 is 0 Å². The lowest BCUT2D eigenvalue weighted by Gasteiger charge is -2.36. The predicted molar refractivity (Wildman–Crippen MR) is 74.8 cm³/mol. The zero-order valence-corrected chi connectivity index (χ0v) is 10.7. The van der Waals surface area contributed by atoms with Crippen molar-refractivity contribution in [2.75, 3.05) is 29.9 Å². The summed E-state index contributed by atoms with van der Waals surface area (Å²) in [5.41, 5.74) is 5.84. The Morgan fingerprint density at radius 1 is 1.50 bits per heavy atom. The zero-order valence-electron chi connectivity index (χ0n) is 10.7. The quantitative estimate of drug-likeness (QED) is 0.770. The first-order valence-electron chi connectivity index (χ1n) is 6.48. The summed E-state index contributed by atoms with van der Waals surface area (Å²) in [6, 6.07) is 2.39. The first-order chi connectivity index (χ1) is 8.85. The Labute approximate surface area is 108 Å². The number of anilines is 2. The second kappa shape index (κ2) is 6.35. The lowest BCUT2D eigenvalue weighted by molar-refractivity contribution is 0.462. The summed E-state index contributed by atoms with van der Waals surface area (Å²) in [6.45, 7) is 6.09. The zero-order chi connectivity index (χ0) is 12.8. The maximum Gasteiger partial charge on any atom is 0.134 e. The van der Waals surface area contributed by atoms with E-state index in [9.17, 15) is 0 Å². The molecular formula is C13H21N5. The first-order valence-corrected chi connectivity index (χ1v) is 6.48. The molecule has 1 aromatic heterocycles. The third kappa shape index (κ3) is 2.98. The Morgan fingerprint density at radius 3 is 3.17 bits per heavy atom. The van der Waals surface area contributed by atoms with Gasteiger partial charge in [-0.05, 0) is 19.3 Å².